The van der Waals surface area contributed by atoms with Crippen LogP contribution in [0.1, 0.15) is 22.0 Å². The molecule has 1 heterocycles. The highest BCUT2D eigenvalue weighted by atomic mass is 19.1. The lowest BCUT2D eigenvalue weighted by molar-refractivity contribution is -0.137. The molecule has 3 rings (SSSR count). The normalized spacial score (nSPS) is 17.2. The summed E-state index contributed by atoms with van der Waals surface area (Å²) >= 11 is 0. The van der Waals surface area contributed by atoms with Crippen LogP contribution < -0.4 is 5.32 Å². The molecule has 0 aromatic heterocycles. The van der Waals surface area contributed by atoms with E-state index in [1.165, 1.54) is 24.3 Å². The molecule has 130 valence electrons. The first-order valence-electron chi connectivity index (χ1n) is 8.11. The van der Waals surface area contributed by atoms with Crippen LogP contribution in [0.2, 0.25) is 0 Å². The molecule has 6 heteroatoms. The average molecular weight is 342 g/mol. The quantitative estimate of drug-likeness (QED) is 0.926. The number of hydrogen-bond donors (Lipinski definition) is 1. The van der Waals surface area contributed by atoms with E-state index in [1.54, 1.807) is 4.90 Å². The van der Waals surface area contributed by atoms with Gasteiger partial charge in [0.25, 0.3) is 5.91 Å². The molecule has 0 radical (unpaired) electrons. The van der Waals surface area contributed by atoms with Crippen LogP contribution in [-0.2, 0) is 9.53 Å². The Labute approximate surface area is 145 Å². The van der Waals surface area contributed by atoms with Crippen LogP contribution in [0.3, 0.4) is 0 Å². The van der Waals surface area contributed by atoms with Gasteiger partial charge in [0.15, 0.2) is 0 Å². The van der Waals surface area contributed by atoms with Gasteiger partial charge in [0.1, 0.15) is 11.9 Å². The van der Waals surface area contributed by atoms with Crippen molar-refractivity contribution in [3.8, 4) is 0 Å². The second kappa shape index (κ2) is 7.90. The molecule has 1 aliphatic heterocycles. The van der Waals surface area contributed by atoms with E-state index >= 15 is 0 Å². The number of amides is 2. The summed E-state index contributed by atoms with van der Waals surface area (Å²) in [5, 5.41) is 2.58. The first kappa shape index (κ1) is 17.1. The largest absolute Gasteiger partial charge is 0.370 e. The number of carbonyl (C=O) groups excluding carboxylic acids is 2. The number of nitrogens with zero attached hydrogens (tertiary/aromatic N) is 1. The Morgan fingerprint density at radius 2 is 1.84 bits per heavy atom. The molecule has 5 nitrogen and oxygen atoms in total. The molecule has 1 aliphatic rings. The third-order valence-corrected chi connectivity index (χ3v) is 4.10. The van der Waals surface area contributed by atoms with E-state index in [0.29, 0.717) is 25.3 Å². The predicted molar refractivity (Wildman–Crippen MR) is 90.4 cm³/mol. The van der Waals surface area contributed by atoms with Gasteiger partial charge in [0.2, 0.25) is 5.91 Å². The summed E-state index contributed by atoms with van der Waals surface area (Å²) in [5.74, 6) is -0.978. The Hall–Kier alpha value is -2.73. The van der Waals surface area contributed by atoms with Crippen molar-refractivity contribution in [2.45, 2.75) is 6.10 Å². The number of rotatable bonds is 4. The number of halogens is 1. The van der Waals surface area contributed by atoms with Crippen LogP contribution >= 0.6 is 0 Å². The fourth-order valence-corrected chi connectivity index (χ4v) is 2.72. The summed E-state index contributed by atoms with van der Waals surface area (Å²) < 4.78 is 18.6. The fourth-order valence-electron chi connectivity index (χ4n) is 2.72. The summed E-state index contributed by atoms with van der Waals surface area (Å²) in [6.07, 6.45) is -0.160. The topological polar surface area (TPSA) is 58.6 Å². The van der Waals surface area contributed by atoms with Gasteiger partial charge >= 0.3 is 0 Å². The van der Waals surface area contributed by atoms with Gasteiger partial charge in [-0.25, -0.2) is 4.39 Å². The maximum atomic E-state index is 12.9. The van der Waals surface area contributed by atoms with Gasteiger partial charge in [-0.15, -0.1) is 0 Å². The summed E-state index contributed by atoms with van der Waals surface area (Å²) in [6.45, 7) is 1.30. The van der Waals surface area contributed by atoms with E-state index in [9.17, 15) is 14.0 Å². The highest BCUT2D eigenvalue weighted by Gasteiger charge is 2.25. The number of nitrogens with one attached hydrogen (secondary N) is 1. The predicted octanol–water partition coefficient (Wildman–Crippen LogP) is 2.16. The lowest BCUT2D eigenvalue weighted by Crippen LogP contribution is -2.46. The van der Waals surface area contributed by atoms with Crippen molar-refractivity contribution in [2.24, 2.45) is 0 Å². The minimum Gasteiger partial charge on any atom is -0.370 e. The standard InChI is InChI=1S/C19H19FN2O3/c20-16-8-6-15(7-9-16)19(24)21-12-18(23)22-10-11-25-17(13-22)14-4-2-1-3-5-14/h1-9,17H,10-13H2,(H,21,24). The van der Waals surface area contributed by atoms with E-state index in [1.807, 2.05) is 30.3 Å². The molecule has 1 saturated heterocycles. The third kappa shape index (κ3) is 4.42. The van der Waals surface area contributed by atoms with Crippen LogP contribution in [0.25, 0.3) is 0 Å². The summed E-state index contributed by atoms with van der Waals surface area (Å²) in [4.78, 5) is 26.0. The van der Waals surface area contributed by atoms with Crippen LogP contribution in [0, 0.1) is 5.82 Å². The minimum atomic E-state index is -0.409. The molecule has 0 bridgehead atoms. The van der Waals surface area contributed by atoms with E-state index < -0.39 is 11.7 Å². The Kier molecular flexibility index (Phi) is 5.40. The van der Waals surface area contributed by atoms with Crippen molar-refractivity contribution in [1.29, 1.82) is 0 Å². The van der Waals surface area contributed by atoms with E-state index in [0.717, 1.165) is 5.56 Å². The monoisotopic (exact) mass is 342 g/mol. The molecule has 1 N–H and O–H groups in total. The third-order valence-electron chi connectivity index (χ3n) is 4.10. The molecule has 1 unspecified atom stereocenters. The second-order valence-corrected chi connectivity index (χ2v) is 5.80. The van der Waals surface area contributed by atoms with E-state index in [-0.39, 0.29) is 18.6 Å². The summed E-state index contributed by atoms with van der Waals surface area (Å²) in [5.41, 5.74) is 1.34. The maximum absolute atomic E-state index is 12.9. The van der Waals surface area contributed by atoms with Gasteiger partial charge in [-0.1, -0.05) is 30.3 Å². The molecule has 0 saturated carbocycles. The minimum absolute atomic E-state index is 0.0995. The molecule has 1 atom stereocenters. The summed E-state index contributed by atoms with van der Waals surface area (Å²) in [7, 11) is 0. The first-order valence-corrected chi connectivity index (χ1v) is 8.11. The molecule has 25 heavy (non-hydrogen) atoms. The van der Waals surface area contributed by atoms with Crippen molar-refractivity contribution in [3.05, 3.63) is 71.5 Å². The molecule has 0 aliphatic carbocycles. The first-order chi connectivity index (χ1) is 12.1. The Balaban J connectivity index is 1.54. The molecular formula is C19H19FN2O3. The fraction of sp³-hybridized carbons (Fsp3) is 0.263. The molecule has 2 aromatic carbocycles. The number of benzene rings is 2. The average Bonchev–Trinajstić information content (AvgIpc) is 2.67. The second-order valence-electron chi connectivity index (χ2n) is 5.80. The van der Waals surface area contributed by atoms with E-state index in [4.69, 9.17) is 4.74 Å². The van der Waals surface area contributed by atoms with Gasteiger partial charge in [-0.05, 0) is 29.8 Å². The van der Waals surface area contributed by atoms with Crippen LogP contribution in [-0.4, -0.2) is 43.0 Å². The number of carbonyl (C=O) groups is 2. The Morgan fingerprint density at radius 1 is 1.12 bits per heavy atom. The van der Waals surface area contributed by atoms with Crippen LogP contribution in [0.15, 0.2) is 54.6 Å². The SMILES string of the molecule is O=C(NCC(=O)N1CCOC(c2ccccc2)C1)c1ccc(F)cc1. The number of hydrogen-bond acceptors (Lipinski definition) is 3. The van der Waals surface area contributed by atoms with Crippen molar-refractivity contribution in [1.82, 2.24) is 10.2 Å². The zero-order chi connectivity index (χ0) is 17.6. The van der Waals surface area contributed by atoms with Gasteiger partial charge in [0.05, 0.1) is 19.7 Å². The van der Waals surface area contributed by atoms with Crippen molar-refractivity contribution in [2.75, 3.05) is 26.2 Å². The van der Waals surface area contributed by atoms with Crippen LogP contribution in [0.5, 0.6) is 0 Å². The Morgan fingerprint density at radius 3 is 2.56 bits per heavy atom. The number of morpholine rings is 1. The molecule has 2 aromatic rings. The lowest BCUT2D eigenvalue weighted by atomic mass is 10.1. The van der Waals surface area contributed by atoms with Gasteiger partial charge in [0, 0.05) is 12.1 Å². The van der Waals surface area contributed by atoms with E-state index in [2.05, 4.69) is 5.32 Å². The zero-order valence-electron chi connectivity index (χ0n) is 13.7. The zero-order valence-corrected chi connectivity index (χ0v) is 13.7. The van der Waals surface area contributed by atoms with Crippen molar-refractivity contribution >= 4 is 11.8 Å². The summed E-state index contributed by atoms with van der Waals surface area (Å²) in [6, 6.07) is 14.9. The molecule has 2 amide bonds. The maximum Gasteiger partial charge on any atom is 0.251 e. The highest BCUT2D eigenvalue weighted by molar-refractivity contribution is 5.96. The van der Waals surface area contributed by atoms with Crippen molar-refractivity contribution in [3.63, 3.8) is 0 Å². The Bertz CT molecular complexity index is 734. The van der Waals surface area contributed by atoms with Crippen LogP contribution in [0.4, 0.5) is 4.39 Å². The highest BCUT2D eigenvalue weighted by Crippen LogP contribution is 2.21. The van der Waals surface area contributed by atoms with Gasteiger partial charge < -0.3 is 15.0 Å². The molecular weight excluding hydrogens is 323 g/mol. The van der Waals surface area contributed by atoms with Gasteiger partial charge in [-0.3, -0.25) is 9.59 Å². The smallest absolute Gasteiger partial charge is 0.251 e. The lowest BCUT2D eigenvalue weighted by Gasteiger charge is -2.33. The number of ether oxygens (including phenoxy) is 1. The molecule has 0 spiro atoms. The van der Waals surface area contributed by atoms with Crippen molar-refractivity contribution < 1.29 is 18.7 Å². The van der Waals surface area contributed by atoms with Gasteiger partial charge in [-0.2, -0.15) is 0 Å². The molecule has 1 fully saturated rings.